The van der Waals surface area contributed by atoms with Crippen molar-refractivity contribution in [3.8, 4) is 0 Å². The Kier molecular flexibility index (Phi) is 4.03. The van der Waals surface area contributed by atoms with Gasteiger partial charge in [-0.2, -0.15) is 0 Å². The van der Waals surface area contributed by atoms with Crippen LogP contribution in [0.2, 0.25) is 0 Å². The van der Waals surface area contributed by atoms with Gasteiger partial charge in [-0.15, -0.1) is 0 Å². The molecule has 104 valence electrons. The quantitative estimate of drug-likeness (QED) is 0.845. The van der Waals surface area contributed by atoms with Crippen LogP contribution in [0.5, 0.6) is 0 Å². The van der Waals surface area contributed by atoms with Crippen molar-refractivity contribution in [1.29, 1.82) is 0 Å². The van der Waals surface area contributed by atoms with Crippen LogP contribution in [0.4, 0.5) is 5.82 Å². The van der Waals surface area contributed by atoms with E-state index in [1.165, 1.54) is 38.8 Å². The summed E-state index contributed by atoms with van der Waals surface area (Å²) in [4.78, 5) is 11.6. The van der Waals surface area contributed by atoms with E-state index in [9.17, 15) is 0 Å². The summed E-state index contributed by atoms with van der Waals surface area (Å²) in [5.74, 6) is 2.53. The highest BCUT2D eigenvalue weighted by atomic mass is 79.9. The predicted molar refractivity (Wildman–Crippen MR) is 80.5 cm³/mol. The molecule has 1 atom stereocenters. The van der Waals surface area contributed by atoms with Crippen LogP contribution in [-0.4, -0.2) is 40.5 Å². The summed E-state index contributed by atoms with van der Waals surface area (Å²) >= 11 is 3.49. The van der Waals surface area contributed by atoms with E-state index in [4.69, 9.17) is 0 Å². The number of nitrogens with one attached hydrogen (secondary N) is 1. The van der Waals surface area contributed by atoms with E-state index in [1.54, 1.807) is 0 Å². The third kappa shape index (κ3) is 3.66. The Morgan fingerprint density at radius 3 is 2.79 bits per heavy atom. The lowest BCUT2D eigenvalue weighted by atomic mass is 10.3. The highest BCUT2D eigenvalue weighted by Gasteiger charge is 2.27. The zero-order chi connectivity index (χ0) is 13.2. The average Bonchev–Trinajstić information content (AvgIpc) is 3.08. The fraction of sp³-hybridized carbons (Fsp3) is 0.714. The van der Waals surface area contributed by atoms with Gasteiger partial charge in [0, 0.05) is 24.6 Å². The summed E-state index contributed by atoms with van der Waals surface area (Å²) in [6, 6.07) is 2.40. The van der Waals surface area contributed by atoms with E-state index in [0.29, 0.717) is 12.0 Å². The van der Waals surface area contributed by atoms with Gasteiger partial charge in [-0.3, -0.25) is 0 Å². The molecule has 3 rings (SSSR count). The number of anilines is 1. The first-order chi connectivity index (χ1) is 9.20. The van der Waals surface area contributed by atoms with E-state index >= 15 is 0 Å². The van der Waals surface area contributed by atoms with Crippen molar-refractivity contribution >= 4 is 21.7 Å². The molecule has 1 unspecified atom stereocenters. The van der Waals surface area contributed by atoms with Crippen LogP contribution in [0, 0.1) is 0 Å². The zero-order valence-corrected chi connectivity index (χ0v) is 13.0. The summed E-state index contributed by atoms with van der Waals surface area (Å²) in [5, 5.41) is 3.51. The van der Waals surface area contributed by atoms with Gasteiger partial charge in [-0.05, 0) is 61.6 Å². The highest BCUT2D eigenvalue weighted by Crippen LogP contribution is 2.38. The number of halogens is 1. The van der Waals surface area contributed by atoms with Crippen molar-refractivity contribution in [2.45, 2.75) is 44.6 Å². The lowest BCUT2D eigenvalue weighted by Crippen LogP contribution is -2.33. The Hall–Kier alpha value is -0.680. The largest absolute Gasteiger partial charge is 0.366 e. The fourth-order valence-corrected chi connectivity index (χ4v) is 3.08. The molecule has 1 saturated carbocycles. The van der Waals surface area contributed by atoms with Crippen molar-refractivity contribution in [3.05, 3.63) is 16.5 Å². The second kappa shape index (κ2) is 5.75. The van der Waals surface area contributed by atoms with Crippen molar-refractivity contribution in [2.24, 2.45) is 0 Å². The van der Waals surface area contributed by atoms with Crippen molar-refractivity contribution in [1.82, 2.24) is 14.9 Å². The van der Waals surface area contributed by atoms with Gasteiger partial charge in [-0.1, -0.05) is 0 Å². The SMILES string of the molecule is CC(CN1CCCC1)Nc1cc(Br)nc(C2CC2)n1. The molecule has 1 saturated heterocycles. The first-order valence-electron chi connectivity index (χ1n) is 7.24. The molecule has 4 nitrogen and oxygen atoms in total. The Bertz CT molecular complexity index is 441. The number of likely N-dealkylation sites (tertiary alicyclic amines) is 1. The standard InChI is InChI=1S/C14H21BrN4/c1-10(9-19-6-2-3-7-19)16-13-8-12(15)17-14(18-13)11-4-5-11/h8,10-11H,2-7,9H2,1H3,(H,16,17,18). The van der Waals surface area contributed by atoms with Crippen LogP contribution < -0.4 is 5.32 Å². The summed E-state index contributed by atoms with van der Waals surface area (Å²) in [5.41, 5.74) is 0. The molecule has 2 heterocycles. The molecule has 0 aromatic carbocycles. The number of hydrogen-bond acceptors (Lipinski definition) is 4. The van der Waals surface area contributed by atoms with Gasteiger partial charge in [0.05, 0.1) is 0 Å². The van der Waals surface area contributed by atoms with Gasteiger partial charge in [0.25, 0.3) is 0 Å². The minimum atomic E-state index is 0.423. The first-order valence-corrected chi connectivity index (χ1v) is 8.03. The molecule has 0 spiro atoms. The van der Waals surface area contributed by atoms with E-state index in [0.717, 1.165) is 22.8 Å². The van der Waals surface area contributed by atoms with Crippen molar-refractivity contribution < 1.29 is 0 Å². The van der Waals surface area contributed by atoms with Gasteiger partial charge in [0.1, 0.15) is 16.2 Å². The number of hydrogen-bond donors (Lipinski definition) is 1. The molecule has 0 bridgehead atoms. The molecule has 19 heavy (non-hydrogen) atoms. The zero-order valence-electron chi connectivity index (χ0n) is 11.4. The summed E-state index contributed by atoms with van der Waals surface area (Å²) < 4.78 is 0.889. The predicted octanol–water partition coefficient (Wildman–Crippen LogP) is 3.01. The first kappa shape index (κ1) is 13.3. The van der Waals surface area contributed by atoms with Crippen LogP contribution in [0.25, 0.3) is 0 Å². The molecule has 0 radical (unpaired) electrons. The number of rotatable bonds is 5. The van der Waals surface area contributed by atoms with Crippen LogP contribution in [0.1, 0.15) is 44.3 Å². The van der Waals surface area contributed by atoms with E-state index in [1.807, 2.05) is 6.07 Å². The molecule has 1 aromatic heterocycles. The third-order valence-corrected chi connectivity index (χ3v) is 4.19. The highest BCUT2D eigenvalue weighted by molar-refractivity contribution is 9.10. The number of aromatic nitrogens is 2. The monoisotopic (exact) mass is 324 g/mol. The summed E-state index contributed by atoms with van der Waals surface area (Å²) in [6.07, 6.45) is 5.16. The third-order valence-electron chi connectivity index (χ3n) is 3.78. The molecular weight excluding hydrogens is 304 g/mol. The summed E-state index contributed by atoms with van der Waals surface area (Å²) in [7, 11) is 0. The average molecular weight is 325 g/mol. The minimum absolute atomic E-state index is 0.423. The molecule has 1 aliphatic carbocycles. The fourth-order valence-electron chi connectivity index (χ4n) is 2.68. The normalized spacial score (nSPS) is 21.6. The molecule has 0 amide bonds. The van der Waals surface area contributed by atoms with Gasteiger partial charge in [-0.25, -0.2) is 9.97 Å². The van der Waals surface area contributed by atoms with Crippen molar-refractivity contribution in [2.75, 3.05) is 25.0 Å². The Morgan fingerprint density at radius 2 is 2.11 bits per heavy atom. The topological polar surface area (TPSA) is 41.0 Å². The molecular formula is C14H21BrN4. The van der Waals surface area contributed by atoms with Crippen LogP contribution in [0.15, 0.2) is 10.7 Å². The molecule has 1 N–H and O–H groups in total. The minimum Gasteiger partial charge on any atom is -0.366 e. The molecule has 1 aromatic rings. The Morgan fingerprint density at radius 1 is 1.37 bits per heavy atom. The van der Waals surface area contributed by atoms with E-state index in [-0.39, 0.29) is 0 Å². The van der Waals surface area contributed by atoms with Gasteiger partial charge >= 0.3 is 0 Å². The van der Waals surface area contributed by atoms with Crippen LogP contribution in [-0.2, 0) is 0 Å². The second-order valence-electron chi connectivity index (χ2n) is 5.76. The molecule has 2 fully saturated rings. The van der Waals surface area contributed by atoms with Gasteiger partial charge < -0.3 is 10.2 Å². The molecule has 1 aliphatic heterocycles. The Labute approximate surface area is 123 Å². The van der Waals surface area contributed by atoms with E-state index < -0.39 is 0 Å². The molecule has 5 heteroatoms. The van der Waals surface area contributed by atoms with Crippen molar-refractivity contribution in [3.63, 3.8) is 0 Å². The summed E-state index contributed by atoms with van der Waals surface area (Å²) in [6.45, 7) is 5.81. The van der Waals surface area contributed by atoms with Crippen LogP contribution >= 0.6 is 15.9 Å². The molecule has 2 aliphatic rings. The second-order valence-corrected chi connectivity index (χ2v) is 6.57. The maximum absolute atomic E-state index is 4.64. The van der Waals surface area contributed by atoms with Gasteiger partial charge in [0.15, 0.2) is 0 Å². The lowest BCUT2D eigenvalue weighted by Gasteiger charge is -2.21. The van der Waals surface area contributed by atoms with Crippen LogP contribution in [0.3, 0.4) is 0 Å². The lowest BCUT2D eigenvalue weighted by molar-refractivity contribution is 0.327. The van der Waals surface area contributed by atoms with Gasteiger partial charge in [0.2, 0.25) is 0 Å². The van der Waals surface area contributed by atoms with E-state index in [2.05, 4.69) is 43.0 Å². The number of nitrogens with zero attached hydrogens (tertiary/aromatic N) is 3. The smallest absolute Gasteiger partial charge is 0.135 e. The maximum atomic E-state index is 4.64. The Balaban J connectivity index is 1.61. The maximum Gasteiger partial charge on any atom is 0.135 e.